The highest BCUT2D eigenvalue weighted by Gasteiger charge is 2.18. The van der Waals surface area contributed by atoms with Crippen LogP contribution in [-0.2, 0) is 10.0 Å². The molecule has 0 saturated carbocycles. The molecule has 19 heteroatoms. The summed E-state index contributed by atoms with van der Waals surface area (Å²) in [5, 5.41) is 20.2. The summed E-state index contributed by atoms with van der Waals surface area (Å²) in [6.07, 6.45) is 10.0. The fourth-order valence-corrected chi connectivity index (χ4v) is 5.07. The first-order chi connectivity index (χ1) is 33.9. The number of nitrogens with two attached hydrogens (primary N) is 1. The van der Waals surface area contributed by atoms with E-state index in [0.717, 1.165) is 11.8 Å². The third-order valence-corrected chi connectivity index (χ3v) is 7.38. The van der Waals surface area contributed by atoms with Gasteiger partial charge in [-0.2, -0.15) is 0 Å². The Hall–Kier alpha value is -7.18. The van der Waals surface area contributed by atoms with Crippen LogP contribution in [0.4, 0.5) is 22.7 Å². The van der Waals surface area contributed by atoms with Gasteiger partial charge in [-0.3, -0.25) is 29.7 Å². The lowest BCUT2D eigenvalue weighted by Crippen LogP contribution is -2.10. The number of para-hydroxylation sites is 4. The van der Waals surface area contributed by atoms with Crippen molar-refractivity contribution in [3.63, 3.8) is 0 Å². The summed E-state index contributed by atoms with van der Waals surface area (Å²) >= 11 is 5.11. The molecule has 7 aromatic rings. The van der Waals surface area contributed by atoms with Gasteiger partial charge in [0.2, 0.25) is 27.7 Å². The fourth-order valence-electron chi connectivity index (χ4n) is 4.33. The van der Waals surface area contributed by atoms with E-state index in [4.69, 9.17) is 30.6 Å². The van der Waals surface area contributed by atoms with Gasteiger partial charge in [0, 0.05) is 17.8 Å². The van der Waals surface area contributed by atoms with Crippen LogP contribution in [0, 0.1) is 20.2 Å². The number of aromatic nitrogens is 3. The first kappa shape index (κ1) is 71.8. The Kier molecular flexibility index (Phi) is 48.1. The summed E-state index contributed by atoms with van der Waals surface area (Å²) in [6.45, 7) is 32.0. The standard InChI is InChI=1S/C10H10N2O3S.C9H6N2O3.C9H8N2O.C7H4ClNO3.8C2H6/c1-16(13,14)12-9-5-3-2-4-8(9)10-11-6-7-15-10;12-11(13)8-4-2-1-3-7(8)9-10-5-6-14-9;10-8-4-2-1-3-7(8)9-11-5-6-12-9;8-7(10)5-3-1-2-4-6(5)9(11)12;8*1-2/h2-7,12H,1H3;1-6H;1-6H,10H2;1-4H;8*1-2H3. The number of oxazole rings is 3. The molecule has 3 N–H and O–H groups in total. The van der Waals surface area contributed by atoms with Crippen molar-refractivity contribution >= 4 is 49.6 Å². The van der Waals surface area contributed by atoms with Crippen LogP contribution in [0.25, 0.3) is 34.4 Å². The molecule has 4 aromatic carbocycles. The summed E-state index contributed by atoms with van der Waals surface area (Å²) in [5.74, 6) is 1.21. The van der Waals surface area contributed by atoms with Crippen LogP contribution in [0.3, 0.4) is 0 Å². The van der Waals surface area contributed by atoms with Gasteiger partial charge in [0.15, 0.2) is 0 Å². The van der Waals surface area contributed by atoms with Gasteiger partial charge in [0.1, 0.15) is 29.9 Å². The van der Waals surface area contributed by atoms with Crippen molar-refractivity contribution < 1.29 is 36.3 Å². The molecule has 0 spiro atoms. The van der Waals surface area contributed by atoms with Crippen molar-refractivity contribution in [3.05, 3.63) is 160 Å². The van der Waals surface area contributed by atoms with Gasteiger partial charge < -0.3 is 19.0 Å². The van der Waals surface area contributed by atoms with Crippen LogP contribution in [0.1, 0.15) is 121 Å². The third-order valence-electron chi connectivity index (χ3n) is 6.58. The zero-order chi connectivity index (χ0) is 55.1. The van der Waals surface area contributed by atoms with Crippen molar-refractivity contribution in [1.82, 2.24) is 15.0 Å². The number of nitro groups is 2. The van der Waals surface area contributed by atoms with Crippen LogP contribution >= 0.6 is 11.6 Å². The average molecular weight is 1010 g/mol. The number of carbonyl (C=O) groups is 1. The van der Waals surface area contributed by atoms with Gasteiger partial charge in [-0.05, 0) is 48.0 Å². The zero-order valence-corrected chi connectivity index (χ0v) is 45.5. The third kappa shape index (κ3) is 28.9. The number of halogens is 1. The zero-order valence-electron chi connectivity index (χ0n) is 43.9. The molecule has 0 amide bonds. The molecule has 70 heavy (non-hydrogen) atoms. The lowest BCUT2D eigenvalue weighted by atomic mass is 10.2. The predicted octanol–water partition coefficient (Wildman–Crippen LogP) is 16.1. The first-order valence-corrected chi connectivity index (χ1v) is 25.4. The van der Waals surface area contributed by atoms with E-state index in [2.05, 4.69) is 19.7 Å². The second-order valence-electron chi connectivity index (χ2n) is 10.3. The van der Waals surface area contributed by atoms with E-state index in [1.165, 1.54) is 61.5 Å². The number of rotatable bonds is 8. The number of nitrogens with one attached hydrogen (secondary N) is 1. The number of hydrogen-bond donors (Lipinski definition) is 2. The summed E-state index contributed by atoms with van der Waals surface area (Å²) in [5.41, 5.74) is 8.33. The Labute approximate surface area is 421 Å². The molecule has 0 bridgehead atoms. The molecule has 0 unspecified atom stereocenters. The molecule has 3 heterocycles. The number of nitrogens with zero attached hydrogens (tertiary/aromatic N) is 5. The fraction of sp³-hybridized carbons (Fsp3) is 0.333. The minimum Gasteiger partial charge on any atom is -0.444 e. The van der Waals surface area contributed by atoms with Crippen molar-refractivity contribution in [3.8, 4) is 34.4 Å². The van der Waals surface area contributed by atoms with E-state index in [1.807, 2.05) is 135 Å². The molecule has 3 aromatic heterocycles. The van der Waals surface area contributed by atoms with Crippen LogP contribution in [0.2, 0.25) is 0 Å². The largest absolute Gasteiger partial charge is 0.444 e. The first-order valence-electron chi connectivity index (χ1n) is 23.1. The maximum absolute atomic E-state index is 11.2. The van der Waals surface area contributed by atoms with Crippen LogP contribution in [0.15, 0.2) is 148 Å². The van der Waals surface area contributed by atoms with E-state index in [-0.39, 0.29) is 22.8 Å². The number of anilines is 2. The molecule has 17 nitrogen and oxygen atoms in total. The minimum atomic E-state index is -3.31. The molecule has 0 saturated heterocycles. The Bertz CT molecular complexity index is 2380. The average Bonchev–Trinajstić information content (AvgIpc) is 4.26. The Balaban J connectivity index is -0.000000245. The van der Waals surface area contributed by atoms with E-state index in [9.17, 15) is 33.4 Å². The number of carbonyl (C=O) groups excluding carboxylic acids is 1. The lowest BCUT2D eigenvalue weighted by Gasteiger charge is -2.07. The van der Waals surface area contributed by atoms with E-state index < -0.39 is 25.1 Å². The topological polar surface area (TPSA) is 254 Å². The number of nitro benzene ring substituents is 2. The highest BCUT2D eigenvalue weighted by molar-refractivity contribution is 7.92. The molecule has 388 valence electrons. The molecular formula is C51H76ClN7O10S. The number of nitrogen functional groups attached to an aromatic ring is 1. The van der Waals surface area contributed by atoms with Crippen molar-refractivity contribution in [2.75, 3.05) is 16.7 Å². The van der Waals surface area contributed by atoms with Gasteiger partial charge in [-0.15, -0.1) is 0 Å². The molecule has 0 aliphatic carbocycles. The van der Waals surface area contributed by atoms with Gasteiger partial charge in [0.05, 0.1) is 51.5 Å². The van der Waals surface area contributed by atoms with Gasteiger partial charge in [-0.1, -0.05) is 159 Å². The van der Waals surface area contributed by atoms with Gasteiger partial charge in [-0.25, -0.2) is 23.4 Å². The Morgan fingerprint density at radius 2 is 0.857 bits per heavy atom. The number of hydrogen-bond acceptors (Lipinski definition) is 14. The summed E-state index contributed by atoms with van der Waals surface area (Å²) in [6, 6.07) is 26.2. The van der Waals surface area contributed by atoms with Crippen molar-refractivity contribution in [2.45, 2.75) is 111 Å². The summed E-state index contributed by atoms with van der Waals surface area (Å²) < 4.78 is 40.0. The molecule has 0 aliphatic heterocycles. The summed E-state index contributed by atoms with van der Waals surface area (Å²) in [7, 11) is -3.31. The number of sulfonamides is 1. The second-order valence-corrected chi connectivity index (χ2v) is 12.4. The van der Waals surface area contributed by atoms with Crippen LogP contribution in [0.5, 0.6) is 0 Å². The highest BCUT2D eigenvalue weighted by atomic mass is 35.5. The van der Waals surface area contributed by atoms with E-state index in [1.54, 1.807) is 48.7 Å². The number of benzene rings is 4. The molecule has 0 atom stereocenters. The van der Waals surface area contributed by atoms with Crippen LogP contribution in [-0.4, -0.2) is 44.7 Å². The quantitative estimate of drug-likeness (QED) is 0.0621. The molecule has 0 radical (unpaired) electrons. The van der Waals surface area contributed by atoms with E-state index in [0.29, 0.717) is 34.3 Å². The monoisotopic (exact) mass is 1010 g/mol. The van der Waals surface area contributed by atoms with Crippen LogP contribution < -0.4 is 10.5 Å². The lowest BCUT2D eigenvalue weighted by molar-refractivity contribution is -0.385. The SMILES string of the molecule is CC.CC.CC.CC.CC.CC.CC.CC.CS(=O)(=O)Nc1ccccc1-c1ncco1.Nc1ccccc1-c1ncco1.O=C(Cl)c1ccccc1[N+](=O)[O-].O=[N+]([O-])c1ccccc1-c1ncco1. The van der Waals surface area contributed by atoms with Crippen molar-refractivity contribution in [1.29, 1.82) is 0 Å². The smallest absolute Gasteiger partial charge is 0.282 e. The predicted molar refractivity (Wildman–Crippen MR) is 289 cm³/mol. The maximum Gasteiger partial charge on any atom is 0.282 e. The summed E-state index contributed by atoms with van der Waals surface area (Å²) in [4.78, 5) is 42.3. The van der Waals surface area contributed by atoms with Crippen molar-refractivity contribution in [2.24, 2.45) is 0 Å². The maximum atomic E-state index is 11.2. The second kappa shape index (κ2) is 46.9. The normalized spacial score (nSPS) is 8.60. The highest BCUT2D eigenvalue weighted by Crippen LogP contribution is 2.28. The Morgan fingerprint density at radius 3 is 1.21 bits per heavy atom. The van der Waals surface area contributed by atoms with E-state index >= 15 is 0 Å². The molecule has 0 fully saturated rings. The molecule has 7 rings (SSSR count). The van der Waals surface area contributed by atoms with Gasteiger partial charge in [0.25, 0.3) is 16.6 Å². The Morgan fingerprint density at radius 1 is 0.529 bits per heavy atom. The molecular weight excluding hydrogens is 938 g/mol. The minimum absolute atomic E-state index is 0.00468. The molecule has 0 aliphatic rings. The van der Waals surface area contributed by atoms with Gasteiger partial charge >= 0.3 is 0 Å².